The molecule has 0 aliphatic carbocycles. The molecule has 1 heterocycles. The predicted octanol–water partition coefficient (Wildman–Crippen LogP) is 4.90. The summed E-state index contributed by atoms with van der Waals surface area (Å²) in [4.78, 5) is 36.2. The molecule has 35 heavy (non-hydrogen) atoms. The number of aromatic nitrogens is 1. The zero-order valence-corrected chi connectivity index (χ0v) is 18.7. The van der Waals surface area contributed by atoms with Crippen molar-refractivity contribution in [1.82, 2.24) is 9.99 Å². The van der Waals surface area contributed by atoms with Crippen LogP contribution < -0.4 is 15.9 Å². The number of amides is 1. The molecule has 8 nitrogen and oxygen atoms in total. The lowest BCUT2D eigenvalue weighted by atomic mass is 10.1. The molecule has 180 valence electrons. The molecule has 0 saturated heterocycles. The Hall–Kier alpha value is -4.12. The molecule has 0 spiro atoms. The summed E-state index contributed by atoms with van der Waals surface area (Å²) in [6.45, 7) is -0.309. The van der Waals surface area contributed by atoms with Gasteiger partial charge in [-0.05, 0) is 42.5 Å². The maximum atomic E-state index is 13.0. The lowest BCUT2D eigenvalue weighted by Gasteiger charge is -2.22. The number of benzene rings is 3. The van der Waals surface area contributed by atoms with Crippen molar-refractivity contribution in [1.29, 1.82) is 0 Å². The second-order valence-electron chi connectivity index (χ2n) is 7.65. The fourth-order valence-electron chi connectivity index (χ4n) is 3.82. The third-order valence-electron chi connectivity index (χ3n) is 5.39. The highest BCUT2D eigenvalue weighted by Crippen LogP contribution is 2.35. The van der Waals surface area contributed by atoms with Gasteiger partial charge in [-0.25, -0.2) is 0 Å². The number of hydrogen-bond acceptors (Lipinski definition) is 5. The van der Waals surface area contributed by atoms with Crippen molar-refractivity contribution in [3.05, 3.63) is 91.6 Å². The van der Waals surface area contributed by atoms with Crippen LogP contribution in [0.15, 0.2) is 65.5 Å². The van der Waals surface area contributed by atoms with E-state index in [1.54, 1.807) is 47.0 Å². The summed E-state index contributed by atoms with van der Waals surface area (Å²) in [5, 5.41) is 13.4. The highest BCUT2D eigenvalue weighted by molar-refractivity contribution is 6.31. The van der Waals surface area contributed by atoms with Crippen LogP contribution in [0.3, 0.4) is 0 Å². The molecule has 1 N–H and O–H groups in total. The number of hydrogen-bond donors (Lipinski definition) is 1. The lowest BCUT2D eigenvalue weighted by molar-refractivity contribution is -0.384. The number of carbonyl (C=O) groups excluding carboxylic acids is 1. The highest BCUT2D eigenvalue weighted by Gasteiger charge is 2.33. The Labute approximate surface area is 200 Å². The number of fused-ring (bicyclic) bond motifs is 2. The van der Waals surface area contributed by atoms with Crippen LogP contribution in [0.4, 0.5) is 24.5 Å². The van der Waals surface area contributed by atoms with Crippen LogP contribution in [0, 0.1) is 10.1 Å². The quantitative estimate of drug-likeness (QED) is 0.237. The minimum atomic E-state index is -4.77. The van der Waals surface area contributed by atoms with E-state index >= 15 is 0 Å². The second kappa shape index (κ2) is 8.91. The van der Waals surface area contributed by atoms with Crippen molar-refractivity contribution in [2.75, 3.05) is 12.1 Å². The molecule has 0 saturated carbocycles. The Morgan fingerprint density at radius 1 is 1.09 bits per heavy atom. The third-order valence-corrected chi connectivity index (χ3v) is 5.62. The number of nitrogens with one attached hydrogen (secondary N) is 1. The van der Waals surface area contributed by atoms with E-state index in [0.717, 1.165) is 11.1 Å². The van der Waals surface area contributed by atoms with Gasteiger partial charge in [-0.3, -0.25) is 30.1 Å². The van der Waals surface area contributed by atoms with Crippen LogP contribution in [0.2, 0.25) is 5.02 Å². The van der Waals surface area contributed by atoms with Crippen LogP contribution >= 0.6 is 11.6 Å². The zero-order valence-electron chi connectivity index (χ0n) is 18.0. The van der Waals surface area contributed by atoms with Crippen LogP contribution in [0.1, 0.15) is 5.56 Å². The van der Waals surface area contributed by atoms with Crippen molar-refractivity contribution in [3.8, 4) is 0 Å². The van der Waals surface area contributed by atoms with E-state index in [0.29, 0.717) is 39.0 Å². The summed E-state index contributed by atoms with van der Waals surface area (Å²) < 4.78 is 40.5. The maximum Gasteiger partial charge on any atom is 0.416 e. The van der Waals surface area contributed by atoms with Gasteiger partial charge in [0.2, 0.25) is 0 Å². The van der Waals surface area contributed by atoms with E-state index in [1.807, 2.05) is 0 Å². The molecular formula is C23H16ClF3N4O4. The Morgan fingerprint density at radius 2 is 1.77 bits per heavy atom. The van der Waals surface area contributed by atoms with Crippen molar-refractivity contribution < 1.29 is 22.9 Å². The number of rotatable bonds is 5. The van der Waals surface area contributed by atoms with E-state index in [9.17, 15) is 32.9 Å². The molecule has 0 radical (unpaired) electrons. The third kappa shape index (κ3) is 4.62. The van der Waals surface area contributed by atoms with Crippen LogP contribution in [-0.4, -0.2) is 22.4 Å². The van der Waals surface area contributed by atoms with Crippen molar-refractivity contribution >= 4 is 50.7 Å². The molecule has 1 amide bonds. The second-order valence-corrected chi connectivity index (χ2v) is 8.08. The maximum absolute atomic E-state index is 13.0. The molecule has 0 bridgehead atoms. The molecule has 0 atom stereocenters. The Kier molecular flexibility index (Phi) is 6.12. The fraction of sp³-hybridized carbons (Fsp3) is 0.130. The summed E-state index contributed by atoms with van der Waals surface area (Å²) in [6.07, 6.45) is -4.77. The zero-order chi connectivity index (χ0) is 25.5. The molecule has 0 aliphatic rings. The van der Waals surface area contributed by atoms with Crippen LogP contribution in [-0.2, 0) is 17.5 Å². The number of carbonyl (C=O) groups is 1. The number of nitrogens with zero attached hydrogens (tertiary/aromatic N) is 3. The summed E-state index contributed by atoms with van der Waals surface area (Å²) >= 11 is 6.12. The smallest absolute Gasteiger partial charge is 0.331 e. The van der Waals surface area contributed by atoms with Gasteiger partial charge < -0.3 is 4.57 Å². The first kappa shape index (κ1) is 24.0. The number of nitro groups is 1. The minimum absolute atomic E-state index is 0.235. The normalized spacial score (nSPS) is 11.6. The molecule has 4 rings (SSSR count). The monoisotopic (exact) mass is 504 g/mol. The van der Waals surface area contributed by atoms with Crippen LogP contribution in [0.5, 0.6) is 0 Å². The first-order valence-electron chi connectivity index (χ1n) is 10.1. The predicted molar refractivity (Wildman–Crippen MR) is 125 cm³/mol. The number of nitro benzene ring substituents is 1. The van der Waals surface area contributed by atoms with Gasteiger partial charge in [0, 0.05) is 28.9 Å². The topological polar surface area (TPSA) is 97.5 Å². The van der Waals surface area contributed by atoms with Crippen LogP contribution in [0.25, 0.3) is 21.8 Å². The molecule has 0 aliphatic heterocycles. The van der Waals surface area contributed by atoms with E-state index in [1.165, 1.54) is 7.05 Å². The van der Waals surface area contributed by atoms with E-state index < -0.39 is 28.3 Å². The Morgan fingerprint density at radius 3 is 2.46 bits per heavy atom. The van der Waals surface area contributed by atoms with Gasteiger partial charge in [0.05, 0.1) is 21.5 Å². The highest BCUT2D eigenvalue weighted by atomic mass is 35.5. The van der Waals surface area contributed by atoms with Gasteiger partial charge >= 0.3 is 6.18 Å². The summed E-state index contributed by atoms with van der Waals surface area (Å²) in [7, 11) is 1.27. The SMILES string of the molecule is CN(NC(=O)Cn1c2ccccc2c(=O)c2ccc(Cl)cc21)c1ccc(C(F)(F)F)cc1[N+](=O)[O-]. The number of pyridine rings is 1. The van der Waals surface area contributed by atoms with Gasteiger partial charge in [0.1, 0.15) is 12.2 Å². The molecule has 3 aromatic carbocycles. The number of halogens is 4. The van der Waals surface area contributed by atoms with Gasteiger partial charge in [-0.15, -0.1) is 0 Å². The first-order chi connectivity index (χ1) is 16.5. The van der Waals surface area contributed by atoms with Gasteiger partial charge in [-0.2, -0.15) is 13.2 Å². The fourth-order valence-corrected chi connectivity index (χ4v) is 3.99. The van der Waals surface area contributed by atoms with Crippen molar-refractivity contribution in [3.63, 3.8) is 0 Å². The molecule has 4 aromatic rings. The number of alkyl halides is 3. The van der Waals surface area contributed by atoms with Gasteiger partial charge in [-0.1, -0.05) is 23.7 Å². The minimum Gasteiger partial charge on any atom is -0.331 e. The standard InChI is InChI=1S/C23H16ClF3N4O4/c1-29(18-9-6-13(23(25,26)27)10-20(18)31(34)35)28-21(32)12-30-17-5-3-2-4-15(17)22(33)16-8-7-14(24)11-19(16)30/h2-11H,12H2,1H3,(H,28,32). The molecule has 1 aromatic heterocycles. The average molecular weight is 505 g/mol. The Balaban J connectivity index is 1.71. The number of hydrazine groups is 1. The van der Waals surface area contributed by atoms with Crippen molar-refractivity contribution in [2.24, 2.45) is 0 Å². The summed E-state index contributed by atoms with van der Waals surface area (Å²) in [5.41, 5.74) is 0.813. The van der Waals surface area contributed by atoms with E-state index in [4.69, 9.17) is 11.6 Å². The molecular weight excluding hydrogens is 489 g/mol. The molecule has 0 fully saturated rings. The lowest BCUT2D eigenvalue weighted by Crippen LogP contribution is -2.41. The van der Waals surface area contributed by atoms with Gasteiger partial charge in [0.15, 0.2) is 5.43 Å². The summed E-state index contributed by atoms with van der Waals surface area (Å²) in [5.74, 6) is -0.642. The Bertz CT molecular complexity index is 1550. The number of para-hydroxylation sites is 1. The van der Waals surface area contributed by atoms with Crippen molar-refractivity contribution in [2.45, 2.75) is 12.7 Å². The summed E-state index contributed by atoms with van der Waals surface area (Å²) in [6, 6.07) is 13.3. The largest absolute Gasteiger partial charge is 0.416 e. The first-order valence-corrected chi connectivity index (χ1v) is 10.4. The van der Waals surface area contributed by atoms with E-state index in [2.05, 4.69) is 5.43 Å². The molecule has 12 heteroatoms. The number of anilines is 1. The molecule has 0 unspecified atom stereocenters. The average Bonchev–Trinajstić information content (AvgIpc) is 2.80. The van der Waals surface area contributed by atoms with Gasteiger partial charge in [0.25, 0.3) is 11.6 Å². The van der Waals surface area contributed by atoms with E-state index in [-0.39, 0.29) is 17.7 Å².